The SMILES string of the molecule is CCCC(=O)OC(C)C=CC[C@H](C)CCC=C(C)C. The first-order valence-electron chi connectivity index (χ1n) is 7.45. The van der Waals surface area contributed by atoms with Crippen molar-refractivity contribution in [3.05, 3.63) is 23.8 Å². The van der Waals surface area contributed by atoms with Gasteiger partial charge in [-0.05, 0) is 58.4 Å². The number of carbonyl (C=O) groups is 1. The largest absolute Gasteiger partial charge is 0.458 e. The van der Waals surface area contributed by atoms with Crippen molar-refractivity contribution in [2.45, 2.75) is 72.8 Å². The van der Waals surface area contributed by atoms with Gasteiger partial charge in [-0.2, -0.15) is 0 Å². The van der Waals surface area contributed by atoms with E-state index in [-0.39, 0.29) is 12.1 Å². The maximum Gasteiger partial charge on any atom is 0.306 e. The zero-order valence-corrected chi connectivity index (χ0v) is 13.2. The van der Waals surface area contributed by atoms with Gasteiger partial charge in [0.15, 0.2) is 0 Å². The lowest BCUT2D eigenvalue weighted by molar-refractivity contribution is -0.146. The summed E-state index contributed by atoms with van der Waals surface area (Å²) in [5.41, 5.74) is 1.39. The highest BCUT2D eigenvalue weighted by Gasteiger charge is 2.05. The summed E-state index contributed by atoms with van der Waals surface area (Å²) in [6, 6.07) is 0. The zero-order chi connectivity index (χ0) is 14.7. The molecule has 0 amide bonds. The van der Waals surface area contributed by atoms with Gasteiger partial charge < -0.3 is 4.74 Å². The van der Waals surface area contributed by atoms with Gasteiger partial charge >= 0.3 is 5.97 Å². The Bertz CT molecular complexity index is 298. The molecule has 0 bridgehead atoms. The maximum absolute atomic E-state index is 11.3. The van der Waals surface area contributed by atoms with Crippen LogP contribution in [0.5, 0.6) is 0 Å². The molecule has 2 atom stereocenters. The molecule has 0 spiro atoms. The molecule has 0 aromatic rings. The Morgan fingerprint density at radius 1 is 1.26 bits per heavy atom. The number of hydrogen-bond acceptors (Lipinski definition) is 2. The smallest absolute Gasteiger partial charge is 0.306 e. The van der Waals surface area contributed by atoms with Gasteiger partial charge in [0.25, 0.3) is 0 Å². The highest BCUT2D eigenvalue weighted by atomic mass is 16.5. The van der Waals surface area contributed by atoms with Crippen LogP contribution in [0, 0.1) is 5.92 Å². The van der Waals surface area contributed by atoms with Crippen molar-refractivity contribution >= 4 is 5.97 Å². The van der Waals surface area contributed by atoms with E-state index in [1.807, 2.05) is 19.9 Å². The molecule has 0 rings (SSSR count). The molecule has 0 heterocycles. The third-order valence-corrected chi connectivity index (χ3v) is 2.93. The van der Waals surface area contributed by atoms with Crippen LogP contribution < -0.4 is 0 Å². The Kier molecular flexibility index (Phi) is 10.2. The summed E-state index contributed by atoms with van der Waals surface area (Å²) in [5.74, 6) is 0.571. The Morgan fingerprint density at radius 2 is 1.95 bits per heavy atom. The van der Waals surface area contributed by atoms with Crippen LogP contribution in [0.1, 0.15) is 66.7 Å². The summed E-state index contributed by atoms with van der Waals surface area (Å²) < 4.78 is 5.25. The molecule has 2 nitrogen and oxygen atoms in total. The van der Waals surface area contributed by atoms with Crippen molar-refractivity contribution in [3.63, 3.8) is 0 Å². The summed E-state index contributed by atoms with van der Waals surface area (Å²) >= 11 is 0. The van der Waals surface area contributed by atoms with Crippen molar-refractivity contribution in [1.29, 1.82) is 0 Å². The van der Waals surface area contributed by atoms with E-state index < -0.39 is 0 Å². The fraction of sp³-hybridized carbons (Fsp3) is 0.706. The lowest BCUT2D eigenvalue weighted by Crippen LogP contribution is -2.12. The normalized spacial score (nSPS) is 14.2. The van der Waals surface area contributed by atoms with Gasteiger partial charge in [-0.15, -0.1) is 0 Å². The number of carbonyl (C=O) groups excluding carboxylic acids is 1. The molecule has 19 heavy (non-hydrogen) atoms. The minimum absolute atomic E-state index is 0.101. The van der Waals surface area contributed by atoms with Gasteiger partial charge in [0.05, 0.1) is 0 Å². The second kappa shape index (κ2) is 10.8. The third kappa shape index (κ3) is 11.8. The van der Waals surface area contributed by atoms with E-state index in [1.54, 1.807) is 0 Å². The minimum atomic E-state index is -0.107. The van der Waals surface area contributed by atoms with E-state index in [2.05, 4.69) is 32.9 Å². The number of hydrogen-bond donors (Lipinski definition) is 0. The number of rotatable bonds is 9. The summed E-state index contributed by atoms with van der Waals surface area (Å²) in [7, 11) is 0. The first-order chi connectivity index (χ1) is 8.95. The monoisotopic (exact) mass is 266 g/mol. The molecule has 0 saturated carbocycles. The molecule has 0 radical (unpaired) electrons. The quantitative estimate of drug-likeness (QED) is 0.431. The van der Waals surface area contributed by atoms with E-state index in [0.717, 1.165) is 19.3 Å². The number of esters is 1. The van der Waals surface area contributed by atoms with Crippen LogP contribution in [0.3, 0.4) is 0 Å². The first-order valence-corrected chi connectivity index (χ1v) is 7.45. The predicted octanol–water partition coefficient (Wildman–Crippen LogP) is 5.05. The van der Waals surface area contributed by atoms with Crippen LogP contribution in [-0.2, 0) is 9.53 Å². The van der Waals surface area contributed by atoms with Crippen molar-refractivity contribution in [2.24, 2.45) is 5.92 Å². The zero-order valence-electron chi connectivity index (χ0n) is 13.2. The summed E-state index contributed by atoms with van der Waals surface area (Å²) in [5, 5.41) is 0. The Morgan fingerprint density at radius 3 is 2.53 bits per heavy atom. The lowest BCUT2D eigenvalue weighted by Gasteiger charge is -2.10. The lowest BCUT2D eigenvalue weighted by atomic mass is 10.0. The summed E-state index contributed by atoms with van der Waals surface area (Å²) in [6.07, 6.45) is 11.1. The Hall–Kier alpha value is -1.05. The van der Waals surface area contributed by atoms with E-state index >= 15 is 0 Å². The molecule has 0 aromatic heterocycles. The highest BCUT2D eigenvalue weighted by Crippen LogP contribution is 2.13. The molecule has 1 unspecified atom stereocenters. The molecule has 2 heteroatoms. The van der Waals surface area contributed by atoms with Crippen LogP contribution in [0.2, 0.25) is 0 Å². The van der Waals surface area contributed by atoms with Crippen molar-refractivity contribution in [3.8, 4) is 0 Å². The molecular formula is C17H30O2. The van der Waals surface area contributed by atoms with Crippen LogP contribution >= 0.6 is 0 Å². The molecule has 0 aliphatic heterocycles. The second-order valence-corrected chi connectivity index (χ2v) is 5.57. The van der Waals surface area contributed by atoms with E-state index in [9.17, 15) is 4.79 Å². The maximum atomic E-state index is 11.3. The number of ether oxygens (including phenoxy) is 1. The molecule has 0 aliphatic rings. The highest BCUT2D eigenvalue weighted by molar-refractivity contribution is 5.69. The molecule has 0 N–H and O–H groups in total. The topological polar surface area (TPSA) is 26.3 Å². The average Bonchev–Trinajstić information content (AvgIpc) is 2.28. The van der Waals surface area contributed by atoms with Gasteiger partial charge in [-0.1, -0.05) is 31.6 Å². The molecule has 0 aromatic carbocycles. The fourth-order valence-corrected chi connectivity index (χ4v) is 1.79. The Balaban J connectivity index is 3.81. The standard InChI is InChI=1S/C17H30O2/c1-6-9-17(18)19-16(5)13-8-12-15(4)11-7-10-14(2)3/h8,10,13,15-16H,6-7,9,11-12H2,1-5H3/t15-,16?/m1/s1. The predicted molar refractivity (Wildman–Crippen MR) is 82.0 cm³/mol. The van der Waals surface area contributed by atoms with Crippen LogP contribution in [-0.4, -0.2) is 12.1 Å². The average molecular weight is 266 g/mol. The van der Waals surface area contributed by atoms with Crippen molar-refractivity contribution < 1.29 is 9.53 Å². The van der Waals surface area contributed by atoms with Gasteiger partial charge in [0.2, 0.25) is 0 Å². The van der Waals surface area contributed by atoms with E-state index in [0.29, 0.717) is 12.3 Å². The molecular weight excluding hydrogens is 236 g/mol. The van der Waals surface area contributed by atoms with Crippen LogP contribution in [0.25, 0.3) is 0 Å². The van der Waals surface area contributed by atoms with Crippen molar-refractivity contribution in [1.82, 2.24) is 0 Å². The molecule has 0 fully saturated rings. The van der Waals surface area contributed by atoms with Gasteiger partial charge in [-0.3, -0.25) is 4.79 Å². The van der Waals surface area contributed by atoms with E-state index in [1.165, 1.54) is 12.0 Å². The minimum Gasteiger partial charge on any atom is -0.458 e. The van der Waals surface area contributed by atoms with Crippen molar-refractivity contribution in [2.75, 3.05) is 0 Å². The van der Waals surface area contributed by atoms with Crippen LogP contribution in [0.15, 0.2) is 23.8 Å². The second-order valence-electron chi connectivity index (χ2n) is 5.57. The van der Waals surface area contributed by atoms with E-state index in [4.69, 9.17) is 4.74 Å². The molecule has 0 saturated heterocycles. The first kappa shape index (κ1) is 17.9. The summed E-state index contributed by atoms with van der Waals surface area (Å²) in [6.45, 7) is 10.4. The third-order valence-electron chi connectivity index (χ3n) is 2.93. The number of allylic oxidation sites excluding steroid dienone is 3. The molecule has 110 valence electrons. The van der Waals surface area contributed by atoms with Gasteiger partial charge in [0.1, 0.15) is 6.10 Å². The van der Waals surface area contributed by atoms with Crippen LogP contribution in [0.4, 0.5) is 0 Å². The molecule has 0 aliphatic carbocycles. The Labute approximate surface area is 118 Å². The fourth-order valence-electron chi connectivity index (χ4n) is 1.79. The van der Waals surface area contributed by atoms with Gasteiger partial charge in [-0.25, -0.2) is 0 Å². The summed E-state index contributed by atoms with van der Waals surface area (Å²) in [4.78, 5) is 11.3. The van der Waals surface area contributed by atoms with Gasteiger partial charge in [0, 0.05) is 6.42 Å².